The second kappa shape index (κ2) is 6.28. The summed E-state index contributed by atoms with van der Waals surface area (Å²) in [5.74, 6) is 0.525. The number of ether oxygens (including phenoxy) is 2. The van der Waals surface area contributed by atoms with Crippen LogP contribution in [0.15, 0.2) is 9.64 Å². The highest BCUT2D eigenvalue weighted by atomic mass is 32.2. The topological polar surface area (TPSA) is 56.5 Å². The highest BCUT2D eigenvalue weighted by molar-refractivity contribution is 7.99. The van der Waals surface area contributed by atoms with E-state index in [9.17, 15) is 0 Å². The lowest BCUT2D eigenvalue weighted by Crippen LogP contribution is -2.49. The van der Waals surface area contributed by atoms with Crippen molar-refractivity contribution in [2.75, 3.05) is 19.8 Å². The molecule has 2 unspecified atom stereocenters. The van der Waals surface area contributed by atoms with E-state index < -0.39 is 0 Å². The van der Waals surface area contributed by atoms with Crippen molar-refractivity contribution in [2.24, 2.45) is 0 Å². The number of oxazole rings is 1. The van der Waals surface area contributed by atoms with Crippen LogP contribution in [0.3, 0.4) is 0 Å². The van der Waals surface area contributed by atoms with Crippen LogP contribution >= 0.6 is 11.8 Å². The molecule has 1 aromatic rings. The number of nitrogens with one attached hydrogen (secondary N) is 1. The second-order valence-corrected chi connectivity index (χ2v) is 6.98. The molecule has 0 aromatic carbocycles. The van der Waals surface area contributed by atoms with Gasteiger partial charge in [-0.1, -0.05) is 18.7 Å². The quantitative estimate of drug-likeness (QED) is 0.922. The molecule has 2 aliphatic rings. The summed E-state index contributed by atoms with van der Waals surface area (Å²) >= 11 is 1.71. The van der Waals surface area contributed by atoms with Gasteiger partial charge in [0.2, 0.25) is 0 Å². The number of nitrogens with zero attached hydrogens (tertiary/aromatic N) is 1. The molecule has 1 aliphatic carbocycles. The molecular formula is C15H24N2O3S. The Labute approximate surface area is 130 Å². The zero-order valence-electron chi connectivity index (χ0n) is 13.0. The summed E-state index contributed by atoms with van der Waals surface area (Å²) in [5.41, 5.74) is 0.969. The van der Waals surface area contributed by atoms with Gasteiger partial charge in [0.25, 0.3) is 5.22 Å². The molecule has 21 heavy (non-hydrogen) atoms. The first-order valence-electron chi connectivity index (χ1n) is 7.74. The molecule has 0 bridgehead atoms. The van der Waals surface area contributed by atoms with E-state index in [0.29, 0.717) is 24.5 Å². The van der Waals surface area contributed by atoms with E-state index in [1.54, 1.807) is 11.8 Å². The molecule has 0 radical (unpaired) electrons. The molecule has 1 aromatic heterocycles. The van der Waals surface area contributed by atoms with Crippen molar-refractivity contribution in [2.45, 2.75) is 62.3 Å². The van der Waals surface area contributed by atoms with Gasteiger partial charge in [-0.25, -0.2) is 4.98 Å². The van der Waals surface area contributed by atoms with Gasteiger partial charge in [-0.05, 0) is 26.8 Å². The van der Waals surface area contributed by atoms with Crippen LogP contribution in [0.25, 0.3) is 0 Å². The Bertz CT molecular complexity index is 466. The number of hydrogen-bond donors (Lipinski definition) is 1. The number of hydrogen-bond acceptors (Lipinski definition) is 6. The van der Waals surface area contributed by atoms with Gasteiger partial charge >= 0.3 is 0 Å². The van der Waals surface area contributed by atoms with Crippen molar-refractivity contribution in [1.29, 1.82) is 0 Å². The van der Waals surface area contributed by atoms with Crippen LogP contribution in [0, 0.1) is 13.8 Å². The Kier molecular flexibility index (Phi) is 4.59. The van der Waals surface area contributed by atoms with E-state index in [1.807, 2.05) is 13.8 Å². The minimum Gasteiger partial charge on any atom is -0.437 e. The first kappa shape index (κ1) is 15.3. The molecule has 2 heterocycles. The normalized spacial score (nSPS) is 28.3. The van der Waals surface area contributed by atoms with E-state index in [1.165, 1.54) is 0 Å². The van der Waals surface area contributed by atoms with Crippen molar-refractivity contribution in [3.05, 3.63) is 11.5 Å². The number of aromatic nitrogens is 1. The zero-order chi connectivity index (χ0) is 14.9. The molecule has 1 saturated heterocycles. The molecule has 0 amide bonds. The van der Waals surface area contributed by atoms with Crippen LogP contribution in [0.5, 0.6) is 0 Å². The lowest BCUT2D eigenvalue weighted by molar-refractivity contribution is -0.178. The number of aryl methyl sites for hydroxylation is 2. The van der Waals surface area contributed by atoms with Crippen molar-refractivity contribution in [3.63, 3.8) is 0 Å². The summed E-state index contributed by atoms with van der Waals surface area (Å²) in [6, 6.07) is 0.450. The van der Waals surface area contributed by atoms with Gasteiger partial charge in [-0.3, -0.25) is 0 Å². The third kappa shape index (κ3) is 3.28. The SMILES string of the molecule is CCNC1CCC2(CC1Sc1nc(C)c(C)o1)OCCO2. The standard InChI is InChI=1S/C15H24N2O3S/c1-4-16-12-5-6-15(18-7-8-19-15)9-13(12)21-14-17-10(2)11(3)20-14/h12-13,16H,4-9H2,1-3H3. The fourth-order valence-corrected chi connectivity index (χ4v) is 4.47. The van der Waals surface area contributed by atoms with E-state index in [0.717, 1.165) is 42.5 Å². The summed E-state index contributed by atoms with van der Waals surface area (Å²) < 4.78 is 17.5. The highest BCUT2D eigenvalue weighted by Crippen LogP contribution is 2.42. The number of thioether (sulfide) groups is 1. The molecule has 5 nitrogen and oxygen atoms in total. The van der Waals surface area contributed by atoms with Crippen LogP contribution in [-0.2, 0) is 9.47 Å². The molecular weight excluding hydrogens is 288 g/mol. The number of rotatable bonds is 4. The maximum atomic E-state index is 5.89. The molecule has 3 rings (SSSR count). The maximum Gasteiger partial charge on any atom is 0.256 e. The molecule has 6 heteroatoms. The maximum absolute atomic E-state index is 5.89. The van der Waals surface area contributed by atoms with Gasteiger partial charge in [0, 0.05) is 24.1 Å². The van der Waals surface area contributed by atoms with Gasteiger partial charge < -0.3 is 19.2 Å². The van der Waals surface area contributed by atoms with Crippen LogP contribution in [-0.4, -0.2) is 41.8 Å². The van der Waals surface area contributed by atoms with Crippen LogP contribution in [0.4, 0.5) is 0 Å². The first-order chi connectivity index (χ1) is 10.1. The monoisotopic (exact) mass is 312 g/mol. The summed E-state index contributed by atoms with van der Waals surface area (Å²) in [6.07, 6.45) is 2.91. The van der Waals surface area contributed by atoms with Crippen LogP contribution in [0.2, 0.25) is 0 Å². The van der Waals surface area contributed by atoms with E-state index in [-0.39, 0.29) is 5.79 Å². The second-order valence-electron chi connectivity index (χ2n) is 5.79. The summed E-state index contributed by atoms with van der Waals surface area (Å²) in [7, 11) is 0. The minimum absolute atomic E-state index is 0.356. The van der Waals surface area contributed by atoms with Crippen molar-refractivity contribution in [3.8, 4) is 0 Å². The third-order valence-corrected chi connectivity index (χ3v) is 5.51. The largest absolute Gasteiger partial charge is 0.437 e. The third-order valence-electron chi connectivity index (χ3n) is 4.34. The van der Waals surface area contributed by atoms with Crippen LogP contribution < -0.4 is 5.32 Å². The predicted molar refractivity (Wildman–Crippen MR) is 81.6 cm³/mol. The van der Waals surface area contributed by atoms with Gasteiger partial charge in [-0.15, -0.1) is 0 Å². The molecule has 1 saturated carbocycles. The zero-order valence-corrected chi connectivity index (χ0v) is 13.8. The molecule has 1 spiro atoms. The van der Waals surface area contributed by atoms with Gasteiger partial charge in [-0.2, -0.15) is 0 Å². The van der Waals surface area contributed by atoms with Crippen molar-refractivity contribution in [1.82, 2.24) is 10.3 Å². The molecule has 2 atom stereocenters. The average Bonchev–Trinajstić information content (AvgIpc) is 3.02. The summed E-state index contributed by atoms with van der Waals surface area (Å²) in [4.78, 5) is 4.50. The molecule has 118 valence electrons. The van der Waals surface area contributed by atoms with Crippen LogP contribution in [0.1, 0.15) is 37.6 Å². The Morgan fingerprint density at radius 1 is 1.33 bits per heavy atom. The smallest absolute Gasteiger partial charge is 0.256 e. The summed E-state index contributed by atoms with van der Waals surface area (Å²) in [5, 5.41) is 4.69. The minimum atomic E-state index is -0.375. The van der Waals surface area contributed by atoms with E-state index >= 15 is 0 Å². The first-order valence-corrected chi connectivity index (χ1v) is 8.62. The van der Waals surface area contributed by atoms with Gasteiger partial charge in [0.1, 0.15) is 5.76 Å². The summed E-state index contributed by atoms with van der Waals surface area (Å²) in [6.45, 7) is 8.48. The van der Waals surface area contributed by atoms with E-state index in [2.05, 4.69) is 17.2 Å². The van der Waals surface area contributed by atoms with Gasteiger partial charge in [0.15, 0.2) is 5.79 Å². The Hall–Kier alpha value is -0.560. The fraction of sp³-hybridized carbons (Fsp3) is 0.800. The molecule has 2 fully saturated rings. The van der Waals surface area contributed by atoms with E-state index in [4.69, 9.17) is 13.9 Å². The molecule has 1 aliphatic heterocycles. The highest BCUT2D eigenvalue weighted by Gasteiger charge is 2.45. The lowest BCUT2D eigenvalue weighted by atomic mass is 9.89. The van der Waals surface area contributed by atoms with Gasteiger partial charge in [0.05, 0.1) is 18.9 Å². The Morgan fingerprint density at radius 3 is 2.71 bits per heavy atom. The Balaban J connectivity index is 1.73. The lowest BCUT2D eigenvalue weighted by Gasteiger charge is -2.40. The average molecular weight is 312 g/mol. The predicted octanol–water partition coefficient (Wildman–Crippen LogP) is 2.66. The van der Waals surface area contributed by atoms with Crippen molar-refractivity contribution < 1.29 is 13.9 Å². The Morgan fingerprint density at radius 2 is 2.10 bits per heavy atom. The van der Waals surface area contributed by atoms with Crippen molar-refractivity contribution >= 4 is 11.8 Å². The fourth-order valence-electron chi connectivity index (χ4n) is 3.11. The molecule has 1 N–H and O–H groups in total.